The lowest BCUT2D eigenvalue weighted by Gasteiger charge is -2.32. The number of hydrogen-bond donors (Lipinski definition) is 1. The summed E-state index contributed by atoms with van der Waals surface area (Å²) in [5, 5.41) is 2.82. The smallest absolute Gasteiger partial charge is 0.258 e. The molecule has 0 spiro atoms. The van der Waals surface area contributed by atoms with Crippen molar-refractivity contribution in [3.63, 3.8) is 0 Å². The van der Waals surface area contributed by atoms with Gasteiger partial charge >= 0.3 is 0 Å². The summed E-state index contributed by atoms with van der Waals surface area (Å²) in [5.74, 6) is -0.168. The zero-order valence-electron chi connectivity index (χ0n) is 17.0. The fourth-order valence-electron chi connectivity index (χ4n) is 2.27. The van der Waals surface area contributed by atoms with Crippen LogP contribution in [0.3, 0.4) is 0 Å². The van der Waals surface area contributed by atoms with Crippen LogP contribution in [0, 0.1) is 5.41 Å². The van der Waals surface area contributed by atoms with Gasteiger partial charge in [-0.15, -0.1) is 0 Å². The molecule has 0 rings (SSSR count). The molecular weight excluding hydrogens is 546 g/mol. The zero-order chi connectivity index (χ0) is 20.6. The summed E-state index contributed by atoms with van der Waals surface area (Å²) in [6, 6.07) is 0. The maximum Gasteiger partial charge on any atom is 0.258 e. The van der Waals surface area contributed by atoms with Crippen LogP contribution in [0.15, 0.2) is 0 Å². The Bertz CT molecular complexity index is 366. The number of rotatable bonds is 17. The second-order valence-electron chi connectivity index (χ2n) is 6.83. The van der Waals surface area contributed by atoms with Gasteiger partial charge in [0, 0.05) is 31.8 Å². The number of nitrogens with one attached hydrogen (secondary N) is 1. The van der Waals surface area contributed by atoms with Gasteiger partial charge in [-0.1, -0.05) is 33.6 Å². The molecule has 0 bridgehead atoms. The molecule has 1 N–H and O–H groups in total. The second kappa shape index (κ2) is 16.6. The summed E-state index contributed by atoms with van der Waals surface area (Å²) in [6.07, 6.45) is 6.11. The third-order valence-corrected chi connectivity index (χ3v) is 5.35. The van der Waals surface area contributed by atoms with Crippen LogP contribution in [-0.2, 0) is 19.0 Å². The number of carbonyl (C=O) groups is 1. The lowest BCUT2D eigenvalue weighted by molar-refractivity contribution is -0.119. The number of alkyl halides is 3. The van der Waals surface area contributed by atoms with E-state index in [1.807, 2.05) is 0 Å². The molecule has 1 amide bonds. The molecule has 0 fully saturated rings. The molecule has 0 unspecified atom stereocenters. The minimum absolute atomic E-state index is 0.110. The average Bonchev–Trinajstić information content (AvgIpc) is 2.63. The predicted molar refractivity (Wildman–Crippen MR) is 122 cm³/mol. The van der Waals surface area contributed by atoms with Gasteiger partial charge in [0.2, 0.25) is 2.14 Å². The molecule has 0 aromatic rings. The third kappa shape index (κ3) is 14.4. The van der Waals surface area contributed by atoms with Crippen molar-refractivity contribution in [1.82, 2.24) is 5.32 Å². The van der Waals surface area contributed by atoms with Crippen molar-refractivity contribution in [2.45, 2.75) is 61.4 Å². The van der Waals surface area contributed by atoms with E-state index in [2.05, 4.69) is 73.9 Å². The van der Waals surface area contributed by atoms with E-state index < -0.39 is 2.14 Å². The van der Waals surface area contributed by atoms with Gasteiger partial charge in [0.25, 0.3) is 5.91 Å². The first-order valence-electron chi connectivity index (χ1n) is 9.89. The zero-order valence-corrected chi connectivity index (χ0v) is 21.7. The van der Waals surface area contributed by atoms with Crippen LogP contribution in [0.5, 0.6) is 0 Å². The van der Waals surface area contributed by atoms with Crippen LogP contribution in [0.4, 0.5) is 0 Å². The number of unbranched alkanes of at least 4 members (excludes halogenated alkanes) is 2. The minimum Gasteiger partial charge on any atom is -0.381 e. The van der Waals surface area contributed by atoms with Gasteiger partial charge in [0.15, 0.2) is 0 Å². The van der Waals surface area contributed by atoms with Crippen LogP contribution in [0.25, 0.3) is 0 Å². The summed E-state index contributed by atoms with van der Waals surface area (Å²) in [6.45, 7) is 11.1. The van der Waals surface area contributed by atoms with Gasteiger partial charge < -0.3 is 19.5 Å². The normalized spacial score (nSPS) is 12.4. The topological polar surface area (TPSA) is 56.8 Å². The first-order valence-corrected chi connectivity index (χ1v) is 12.3. The minimum atomic E-state index is -0.906. The molecule has 0 aromatic carbocycles. The van der Waals surface area contributed by atoms with E-state index in [-0.39, 0.29) is 11.3 Å². The molecule has 0 aromatic heterocycles. The Hall–Kier alpha value is 0.790. The second-order valence-corrected chi connectivity index (χ2v) is 13.6. The van der Waals surface area contributed by atoms with Crippen molar-refractivity contribution < 1.29 is 19.0 Å². The first-order chi connectivity index (χ1) is 12.8. The molecule has 0 saturated carbocycles. The summed E-state index contributed by atoms with van der Waals surface area (Å²) < 4.78 is 16.8. The molecule has 0 aliphatic rings. The Balaban J connectivity index is 4.28. The highest BCUT2D eigenvalue weighted by atomic mass is 80.0. The molecule has 0 radical (unpaired) electrons. The highest BCUT2D eigenvalue weighted by Crippen LogP contribution is 2.33. The largest absolute Gasteiger partial charge is 0.381 e. The highest BCUT2D eigenvalue weighted by Gasteiger charge is 2.30. The van der Waals surface area contributed by atoms with Gasteiger partial charge in [0.05, 0.1) is 19.8 Å². The molecule has 8 heteroatoms. The molecule has 27 heavy (non-hydrogen) atoms. The van der Waals surface area contributed by atoms with Crippen molar-refractivity contribution in [2.24, 2.45) is 5.41 Å². The molecule has 0 aliphatic carbocycles. The Morgan fingerprint density at radius 3 is 1.63 bits per heavy atom. The summed E-state index contributed by atoms with van der Waals surface area (Å²) in [5.41, 5.74) is -0.110. The molecular formula is C19H36Br3NO4. The van der Waals surface area contributed by atoms with Gasteiger partial charge in [-0.2, -0.15) is 0 Å². The highest BCUT2D eigenvalue weighted by molar-refractivity contribution is 9.40. The van der Waals surface area contributed by atoms with Crippen molar-refractivity contribution in [2.75, 3.05) is 46.2 Å². The lowest BCUT2D eigenvalue weighted by Crippen LogP contribution is -2.38. The van der Waals surface area contributed by atoms with Gasteiger partial charge in [-0.05, 0) is 73.5 Å². The van der Waals surface area contributed by atoms with E-state index in [0.717, 1.165) is 51.7 Å². The van der Waals surface area contributed by atoms with E-state index in [1.54, 1.807) is 0 Å². The number of ether oxygens (including phenoxy) is 3. The molecule has 5 nitrogen and oxygen atoms in total. The van der Waals surface area contributed by atoms with Gasteiger partial charge in [0.1, 0.15) is 0 Å². The quantitative estimate of drug-likeness (QED) is 0.185. The Labute approximate surface area is 190 Å². The van der Waals surface area contributed by atoms with E-state index in [0.29, 0.717) is 33.0 Å². The Kier molecular flexibility index (Phi) is 17.1. The van der Waals surface area contributed by atoms with E-state index in [9.17, 15) is 4.79 Å². The SMILES string of the molecule is CCCCOCC(CC)(COCCCC)COCCCNC(=O)C(Br)(Br)Br. The van der Waals surface area contributed by atoms with E-state index in [4.69, 9.17) is 14.2 Å². The summed E-state index contributed by atoms with van der Waals surface area (Å²) in [7, 11) is 0. The number of hydrogen-bond acceptors (Lipinski definition) is 4. The van der Waals surface area contributed by atoms with Crippen LogP contribution in [-0.4, -0.2) is 54.2 Å². The predicted octanol–water partition coefficient (Wildman–Crippen LogP) is 5.38. The maximum atomic E-state index is 11.7. The maximum absolute atomic E-state index is 11.7. The number of halogens is 3. The van der Waals surface area contributed by atoms with E-state index >= 15 is 0 Å². The Morgan fingerprint density at radius 2 is 1.26 bits per heavy atom. The summed E-state index contributed by atoms with van der Waals surface area (Å²) in [4.78, 5) is 11.7. The Morgan fingerprint density at radius 1 is 0.815 bits per heavy atom. The fourth-order valence-corrected chi connectivity index (χ4v) is 2.69. The van der Waals surface area contributed by atoms with Crippen LogP contribution < -0.4 is 5.32 Å². The molecule has 0 aliphatic heterocycles. The van der Waals surface area contributed by atoms with Crippen LogP contribution in [0.2, 0.25) is 0 Å². The standard InChI is InChI=1S/C19H36Br3NO4/c1-4-7-11-25-14-18(6-3,15-26-12-8-5-2)16-27-13-9-10-23-17(24)19(20,21)22/h4-16H2,1-3H3,(H,23,24). The van der Waals surface area contributed by atoms with Crippen LogP contribution in [0.1, 0.15) is 59.3 Å². The molecule has 0 saturated heterocycles. The molecule has 0 heterocycles. The first kappa shape index (κ1) is 27.8. The number of amides is 1. The molecule has 162 valence electrons. The third-order valence-electron chi connectivity index (χ3n) is 4.27. The summed E-state index contributed by atoms with van der Waals surface area (Å²) >= 11 is 9.58. The molecule has 0 atom stereocenters. The fraction of sp³-hybridized carbons (Fsp3) is 0.947. The van der Waals surface area contributed by atoms with Crippen molar-refractivity contribution in [1.29, 1.82) is 0 Å². The van der Waals surface area contributed by atoms with Crippen molar-refractivity contribution >= 4 is 53.7 Å². The van der Waals surface area contributed by atoms with Crippen LogP contribution >= 0.6 is 47.8 Å². The van der Waals surface area contributed by atoms with Crippen molar-refractivity contribution in [3.8, 4) is 0 Å². The average molecular weight is 582 g/mol. The lowest BCUT2D eigenvalue weighted by atomic mass is 9.88. The number of carbonyl (C=O) groups excluding carboxylic acids is 1. The van der Waals surface area contributed by atoms with E-state index in [1.165, 1.54) is 0 Å². The van der Waals surface area contributed by atoms with Crippen molar-refractivity contribution in [3.05, 3.63) is 0 Å². The van der Waals surface area contributed by atoms with Gasteiger partial charge in [-0.25, -0.2) is 0 Å². The van der Waals surface area contributed by atoms with Gasteiger partial charge in [-0.3, -0.25) is 4.79 Å². The monoisotopic (exact) mass is 579 g/mol.